The summed E-state index contributed by atoms with van der Waals surface area (Å²) < 4.78 is 13.3. The Balaban J connectivity index is 2.31. The van der Waals surface area contributed by atoms with Gasteiger partial charge in [0.15, 0.2) is 0 Å². The Hall–Kier alpha value is -1.94. The second-order valence-electron chi connectivity index (χ2n) is 4.45. The van der Waals surface area contributed by atoms with Gasteiger partial charge in [0.2, 0.25) is 0 Å². The number of anilines is 2. The average Bonchev–Trinajstić information content (AvgIpc) is 2.40. The largest absolute Gasteiger partial charge is 0.340 e. The Morgan fingerprint density at radius 3 is 2.58 bits per heavy atom. The highest BCUT2D eigenvalue weighted by atomic mass is 19.1. The molecule has 0 aliphatic heterocycles. The van der Waals surface area contributed by atoms with Gasteiger partial charge in [-0.15, -0.1) is 0 Å². The predicted molar refractivity (Wildman–Crippen MR) is 75.9 cm³/mol. The van der Waals surface area contributed by atoms with Gasteiger partial charge in [0, 0.05) is 18.3 Å². The van der Waals surface area contributed by atoms with Crippen molar-refractivity contribution in [3.63, 3.8) is 0 Å². The van der Waals surface area contributed by atoms with E-state index in [2.05, 4.69) is 4.98 Å². The quantitative estimate of drug-likeness (QED) is 0.915. The van der Waals surface area contributed by atoms with E-state index in [1.807, 2.05) is 36.9 Å². The summed E-state index contributed by atoms with van der Waals surface area (Å²) in [6, 6.07) is 10.3. The van der Waals surface area contributed by atoms with Gasteiger partial charge in [-0.2, -0.15) is 0 Å². The molecule has 1 aromatic carbocycles. The molecule has 0 spiro atoms. The molecule has 2 aromatic rings. The van der Waals surface area contributed by atoms with E-state index in [9.17, 15) is 4.39 Å². The van der Waals surface area contributed by atoms with Gasteiger partial charge in [-0.3, -0.25) is 4.98 Å². The van der Waals surface area contributed by atoms with Crippen molar-refractivity contribution in [3.8, 4) is 0 Å². The van der Waals surface area contributed by atoms with Crippen LogP contribution >= 0.6 is 0 Å². The topological polar surface area (TPSA) is 42.1 Å². The first kappa shape index (κ1) is 13.5. The zero-order valence-electron chi connectivity index (χ0n) is 11.2. The number of hydrogen-bond donors (Lipinski definition) is 1. The summed E-state index contributed by atoms with van der Waals surface area (Å²) in [5, 5.41) is 0. The number of aromatic nitrogens is 1. The van der Waals surface area contributed by atoms with Gasteiger partial charge in [-0.25, -0.2) is 4.39 Å². The molecule has 0 saturated heterocycles. The summed E-state index contributed by atoms with van der Waals surface area (Å²) in [4.78, 5) is 6.34. The van der Waals surface area contributed by atoms with Crippen LogP contribution in [0.3, 0.4) is 0 Å². The Bertz CT molecular complexity index is 537. The van der Waals surface area contributed by atoms with Gasteiger partial charge in [0.25, 0.3) is 0 Å². The first-order valence-corrected chi connectivity index (χ1v) is 6.36. The Kier molecular flexibility index (Phi) is 4.12. The van der Waals surface area contributed by atoms with E-state index in [0.717, 1.165) is 23.6 Å². The van der Waals surface area contributed by atoms with E-state index < -0.39 is 0 Å². The van der Waals surface area contributed by atoms with Crippen LogP contribution in [0.25, 0.3) is 0 Å². The van der Waals surface area contributed by atoms with Crippen LogP contribution in [0.5, 0.6) is 0 Å². The summed E-state index contributed by atoms with van der Waals surface area (Å²) in [5.74, 6) is -0.240. The lowest BCUT2D eigenvalue weighted by Crippen LogP contribution is -2.17. The van der Waals surface area contributed by atoms with E-state index in [1.54, 1.807) is 12.3 Å². The Morgan fingerprint density at radius 1 is 1.26 bits per heavy atom. The van der Waals surface area contributed by atoms with Crippen LogP contribution in [0.1, 0.15) is 25.6 Å². The lowest BCUT2D eigenvalue weighted by Gasteiger charge is -2.23. The normalized spacial score (nSPS) is 12.2. The van der Waals surface area contributed by atoms with Crippen molar-refractivity contribution in [2.45, 2.75) is 19.9 Å². The molecule has 0 fully saturated rings. The van der Waals surface area contributed by atoms with Gasteiger partial charge in [0.05, 0.1) is 17.6 Å². The first-order chi connectivity index (χ1) is 9.11. The molecule has 0 aliphatic rings. The van der Waals surface area contributed by atoms with Crippen molar-refractivity contribution in [1.29, 1.82) is 0 Å². The molecule has 1 atom stereocenters. The van der Waals surface area contributed by atoms with Crippen LogP contribution in [0, 0.1) is 5.82 Å². The Morgan fingerprint density at radius 2 is 2.05 bits per heavy atom. The van der Waals surface area contributed by atoms with Crippen molar-refractivity contribution >= 4 is 11.4 Å². The molecule has 19 heavy (non-hydrogen) atoms. The fraction of sp³-hybridized carbons (Fsp3) is 0.267. The van der Waals surface area contributed by atoms with Crippen molar-refractivity contribution in [2.75, 3.05) is 11.4 Å². The minimum Gasteiger partial charge on any atom is -0.340 e. The highest BCUT2D eigenvalue weighted by Gasteiger charge is 2.09. The van der Waals surface area contributed by atoms with E-state index >= 15 is 0 Å². The smallest absolute Gasteiger partial charge is 0.125 e. The molecule has 1 aromatic heterocycles. The lowest BCUT2D eigenvalue weighted by atomic mass is 10.2. The molecule has 2 N–H and O–H groups in total. The maximum atomic E-state index is 13.3. The second kappa shape index (κ2) is 5.80. The lowest BCUT2D eigenvalue weighted by molar-refractivity contribution is 0.627. The minimum atomic E-state index is -0.240. The van der Waals surface area contributed by atoms with Crippen LogP contribution < -0.4 is 10.6 Å². The summed E-state index contributed by atoms with van der Waals surface area (Å²) in [6.07, 6.45) is 1.77. The molecular weight excluding hydrogens is 241 g/mol. The number of hydrogen-bond acceptors (Lipinski definition) is 3. The fourth-order valence-corrected chi connectivity index (χ4v) is 1.98. The number of benzene rings is 1. The van der Waals surface area contributed by atoms with Gasteiger partial charge in [-0.1, -0.05) is 6.07 Å². The SMILES string of the molecule is CCN(c1ccc(C(C)N)nc1)c1cccc(F)c1. The molecule has 3 nitrogen and oxygen atoms in total. The third-order valence-corrected chi connectivity index (χ3v) is 2.99. The monoisotopic (exact) mass is 259 g/mol. The summed E-state index contributed by atoms with van der Waals surface area (Å²) in [6.45, 7) is 4.65. The van der Waals surface area contributed by atoms with Crippen molar-refractivity contribution < 1.29 is 4.39 Å². The second-order valence-corrected chi connectivity index (χ2v) is 4.45. The predicted octanol–water partition coefficient (Wildman–Crippen LogP) is 3.40. The van der Waals surface area contributed by atoms with Crippen LogP contribution in [0.15, 0.2) is 42.6 Å². The molecule has 0 saturated carbocycles. The van der Waals surface area contributed by atoms with Crippen molar-refractivity contribution in [3.05, 3.63) is 54.1 Å². The van der Waals surface area contributed by atoms with Crippen LogP contribution in [0.2, 0.25) is 0 Å². The average molecular weight is 259 g/mol. The molecule has 100 valence electrons. The summed E-state index contributed by atoms with van der Waals surface area (Å²) >= 11 is 0. The molecule has 0 aliphatic carbocycles. The third-order valence-electron chi connectivity index (χ3n) is 2.99. The number of halogens is 1. The van der Waals surface area contributed by atoms with Crippen molar-refractivity contribution in [2.24, 2.45) is 5.73 Å². The maximum absolute atomic E-state index is 13.3. The fourth-order valence-electron chi connectivity index (χ4n) is 1.98. The standard InChI is InChI=1S/C15H18FN3/c1-3-19(13-6-4-5-12(16)9-13)14-7-8-15(11(2)17)18-10-14/h4-11H,3,17H2,1-2H3. The van der Waals surface area contributed by atoms with E-state index in [0.29, 0.717) is 0 Å². The third kappa shape index (κ3) is 3.09. The molecule has 2 rings (SSSR count). The molecule has 4 heteroatoms. The Labute approximate surface area is 112 Å². The molecule has 1 unspecified atom stereocenters. The minimum absolute atomic E-state index is 0.0849. The van der Waals surface area contributed by atoms with Gasteiger partial charge >= 0.3 is 0 Å². The number of nitrogens with two attached hydrogens (primary N) is 1. The number of nitrogens with zero attached hydrogens (tertiary/aromatic N) is 2. The molecule has 0 amide bonds. The van der Waals surface area contributed by atoms with Crippen LogP contribution in [0.4, 0.5) is 15.8 Å². The van der Waals surface area contributed by atoms with Crippen molar-refractivity contribution in [1.82, 2.24) is 4.98 Å². The van der Waals surface area contributed by atoms with E-state index in [1.165, 1.54) is 12.1 Å². The summed E-state index contributed by atoms with van der Waals surface area (Å²) in [7, 11) is 0. The number of pyridine rings is 1. The molecule has 0 radical (unpaired) electrons. The van der Waals surface area contributed by atoms with Crippen LogP contribution in [-0.2, 0) is 0 Å². The highest BCUT2D eigenvalue weighted by molar-refractivity contribution is 5.62. The zero-order valence-corrected chi connectivity index (χ0v) is 11.2. The summed E-state index contributed by atoms with van der Waals surface area (Å²) in [5.41, 5.74) is 8.37. The van der Waals surface area contributed by atoms with Gasteiger partial charge in [0.1, 0.15) is 5.82 Å². The number of rotatable bonds is 4. The molecule has 1 heterocycles. The van der Waals surface area contributed by atoms with Gasteiger partial charge < -0.3 is 10.6 Å². The zero-order chi connectivity index (χ0) is 13.8. The highest BCUT2D eigenvalue weighted by Crippen LogP contribution is 2.25. The van der Waals surface area contributed by atoms with E-state index in [4.69, 9.17) is 5.73 Å². The van der Waals surface area contributed by atoms with Gasteiger partial charge in [-0.05, 0) is 44.2 Å². The molecule has 0 bridgehead atoms. The van der Waals surface area contributed by atoms with E-state index in [-0.39, 0.29) is 11.9 Å². The maximum Gasteiger partial charge on any atom is 0.125 e. The molecular formula is C15H18FN3. The van der Waals surface area contributed by atoms with Crippen LogP contribution in [-0.4, -0.2) is 11.5 Å². The first-order valence-electron chi connectivity index (χ1n) is 6.36.